The van der Waals surface area contributed by atoms with Crippen molar-refractivity contribution in [2.24, 2.45) is 0 Å². The lowest BCUT2D eigenvalue weighted by atomic mass is 10.1. The average Bonchev–Trinajstić information content (AvgIpc) is 2.73. The van der Waals surface area contributed by atoms with Gasteiger partial charge in [0.15, 0.2) is 5.82 Å². The number of fused-ring (bicyclic) bond motifs is 2. The number of rotatable bonds is 0. The van der Waals surface area contributed by atoms with Gasteiger partial charge in [-0.05, 0) is 17.7 Å². The Hall–Kier alpha value is -1.33. The zero-order chi connectivity index (χ0) is 11.4. The molecule has 1 saturated heterocycles. The summed E-state index contributed by atoms with van der Waals surface area (Å²) in [6.45, 7) is 3.31. The standard InChI is InChI=1S/C11H11ClN4O/c12-11-13-8-1-2-15-5-7-6-17-4-3-16(7)10(14-11)9(8)15/h1-2,7H,3-6H2/t7-/m1/s1. The molecule has 2 aromatic rings. The van der Waals surface area contributed by atoms with Crippen molar-refractivity contribution in [3.63, 3.8) is 0 Å². The van der Waals surface area contributed by atoms with E-state index in [0.29, 0.717) is 11.3 Å². The van der Waals surface area contributed by atoms with Gasteiger partial charge in [-0.1, -0.05) is 0 Å². The van der Waals surface area contributed by atoms with E-state index < -0.39 is 0 Å². The van der Waals surface area contributed by atoms with Crippen LogP contribution in [0.25, 0.3) is 11.0 Å². The smallest absolute Gasteiger partial charge is 0.225 e. The third kappa shape index (κ3) is 1.29. The Morgan fingerprint density at radius 1 is 1.41 bits per heavy atom. The fourth-order valence-corrected chi connectivity index (χ4v) is 2.89. The highest BCUT2D eigenvalue weighted by molar-refractivity contribution is 6.28. The molecule has 17 heavy (non-hydrogen) atoms. The minimum Gasteiger partial charge on any atom is -0.377 e. The van der Waals surface area contributed by atoms with Gasteiger partial charge in [0, 0.05) is 19.3 Å². The molecule has 2 aromatic heterocycles. The number of morpholine rings is 1. The van der Waals surface area contributed by atoms with Crippen LogP contribution in [0.15, 0.2) is 12.3 Å². The third-order valence-corrected chi connectivity index (χ3v) is 3.64. The second-order valence-electron chi connectivity index (χ2n) is 4.44. The van der Waals surface area contributed by atoms with Crippen LogP contribution in [0, 0.1) is 0 Å². The molecule has 0 bridgehead atoms. The second-order valence-corrected chi connectivity index (χ2v) is 4.78. The molecule has 0 amide bonds. The van der Waals surface area contributed by atoms with Gasteiger partial charge in [0.1, 0.15) is 5.52 Å². The van der Waals surface area contributed by atoms with Crippen LogP contribution in [0.5, 0.6) is 0 Å². The lowest BCUT2D eigenvalue weighted by Gasteiger charge is -2.40. The van der Waals surface area contributed by atoms with Crippen LogP contribution in [0.3, 0.4) is 0 Å². The predicted molar refractivity (Wildman–Crippen MR) is 64.5 cm³/mol. The fourth-order valence-electron chi connectivity index (χ4n) is 2.72. The van der Waals surface area contributed by atoms with Crippen molar-refractivity contribution in [2.75, 3.05) is 24.7 Å². The molecule has 5 nitrogen and oxygen atoms in total. The van der Waals surface area contributed by atoms with E-state index in [1.807, 2.05) is 12.3 Å². The number of halogens is 1. The molecular weight excluding hydrogens is 240 g/mol. The summed E-state index contributed by atoms with van der Waals surface area (Å²) in [6, 6.07) is 2.35. The lowest BCUT2D eigenvalue weighted by molar-refractivity contribution is 0.0874. The first-order chi connectivity index (χ1) is 8.33. The maximum atomic E-state index is 5.98. The van der Waals surface area contributed by atoms with Crippen molar-refractivity contribution in [3.8, 4) is 0 Å². The Morgan fingerprint density at radius 3 is 3.29 bits per heavy atom. The lowest BCUT2D eigenvalue weighted by Crippen LogP contribution is -2.50. The summed E-state index contributed by atoms with van der Waals surface area (Å²) in [4.78, 5) is 10.9. The molecule has 0 spiro atoms. The van der Waals surface area contributed by atoms with Crippen LogP contribution in [0.2, 0.25) is 5.28 Å². The van der Waals surface area contributed by atoms with Gasteiger partial charge in [-0.3, -0.25) is 0 Å². The predicted octanol–water partition coefficient (Wildman–Crippen LogP) is 1.30. The van der Waals surface area contributed by atoms with Gasteiger partial charge in [0.25, 0.3) is 0 Å². The van der Waals surface area contributed by atoms with E-state index in [1.54, 1.807) is 0 Å². The van der Waals surface area contributed by atoms with Gasteiger partial charge in [-0.15, -0.1) is 0 Å². The number of ether oxygens (including phenoxy) is 1. The Bertz CT molecular complexity index is 596. The largest absolute Gasteiger partial charge is 0.377 e. The van der Waals surface area contributed by atoms with Crippen molar-refractivity contribution in [1.82, 2.24) is 14.5 Å². The van der Waals surface area contributed by atoms with E-state index in [0.717, 1.165) is 43.2 Å². The van der Waals surface area contributed by atoms with Crippen LogP contribution in [0.1, 0.15) is 0 Å². The van der Waals surface area contributed by atoms with E-state index in [-0.39, 0.29) is 0 Å². The van der Waals surface area contributed by atoms with E-state index in [1.165, 1.54) is 0 Å². The SMILES string of the molecule is Clc1nc2c3c(ccn3C[C@@H]3COCCN23)n1. The van der Waals surface area contributed by atoms with Crippen molar-refractivity contribution in [3.05, 3.63) is 17.5 Å². The Morgan fingerprint density at radius 2 is 2.35 bits per heavy atom. The highest BCUT2D eigenvalue weighted by atomic mass is 35.5. The van der Waals surface area contributed by atoms with Gasteiger partial charge >= 0.3 is 0 Å². The molecule has 4 heterocycles. The number of hydrogen-bond donors (Lipinski definition) is 0. The Balaban J connectivity index is 1.99. The molecule has 0 saturated carbocycles. The van der Waals surface area contributed by atoms with Gasteiger partial charge in [0.2, 0.25) is 5.28 Å². The fraction of sp³-hybridized carbons (Fsp3) is 0.455. The molecular formula is C11H11ClN4O. The van der Waals surface area contributed by atoms with Crippen molar-refractivity contribution in [2.45, 2.75) is 12.6 Å². The molecule has 2 aliphatic rings. The molecule has 6 heteroatoms. The topological polar surface area (TPSA) is 43.2 Å². The van der Waals surface area contributed by atoms with Crippen LogP contribution >= 0.6 is 11.6 Å². The van der Waals surface area contributed by atoms with E-state index >= 15 is 0 Å². The Labute approximate surface area is 103 Å². The quantitative estimate of drug-likeness (QED) is 0.661. The van der Waals surface area contributed by atoms with Gasteiger partial charge < -0.3 is 14.2 Å². The molecule has 0 aliphatic carbocycles. The molecule has 1 atom stereocenters. The molecule has 0 radical (unpaired) electrons. The summed E-state index contributed by atoms with van der Waals surface area (Å²) in [7, 11) is 0. The summed E-state index contributed by atoms with van der Waals surface area (Å²) in [6.07, 6.45) is 2.05. The zero-order valence-corrected chi connectivity index (χ0v) is 9.89. The number of hydrogen-bond acceptors (Lipinski definition) is 4. The number of aromatic nitrogens is 3. The van der Waals surface area contributed by atoms with Crippen LogP contribution < -0.4 is 4.90 Å². The van der Waals surface area contributed by atoms with E-state index in [9.17, 15) is 0 Å². The molecule has 0 N–H and O–H groups in total. The van der Waals surface area contributed by atoms with Gasteiger partial charge in [-0.2, -0.15) is 4.98 Å². The average molecular weight is 251 g/mol. The summed E-state index contributed by atoms with van der Waals surface area (Å²) < 4.78 is 7.72. The minimum atomic E-state index is 0.317. The minimum absolute atomic E-state index is 0.317. The number of anilines is 1. The summed E-state index contributed by atoms with van der Waals surface area (Å²) in [5.74, 6) is 0.949. The first-order valence-corrected chi connectivity index (χ1v) is 6.07. The van der Waals surface area contributed by atoms with E-state index in [4.69, 9.17) is 16.3 Å². The molecule has 0 aromatic carbocycles. The molecule has 0 unspecified atom stereocenters. The number of nitrogens with zero attached hydrogens (tertiary/aromatic N) is 4. The normalized spacial score (nSPS) is 22.9. The molecule has 4 rings (SSSR count). The maximum absolute atomic E-state index is 5.98. The second kappa shape index (κ2) is 3.34. The third-order valence-electron chi connectivity index (χ3n) is 3.47. The molecule has 88 valence electrons. The Kier molecular flexibility index (Phi) is 1.90. The van der Waals surface area contributed by atoms with Gasteiger partial charge in [0.05, 0.1) is 24.8 Å². The maximum Gasteiger partial charge on any atom is 0.225 e. The first kappa shape index (κ1) is 9.67. The molecule has 2 aliphatic heterocycles. The summed E-state index contributed by atoms with van der Waals surface area (Å²) >= 11 is 5.98. The molecule has 1 fully saturated rings. The summed E-state index contributed by atoms with van der Waals surface area (Å²) in [5.41, 5.74) is 2.01. The first-order valence-electron chi connectivity index (χ1n) is 5.70. The van der Waals surface area contributed by atoms with Gasteiger partial charge in [-0.25, -0.2) is 4.98 Å². The van der Waals surface area contributed by atoms with Crippen LogP contribution in [0.4, 0.5) is 5.82 Å². The zero-order valence-electron chi connectivity index (χ0n) is 9.14. The van der Waals surface area contributed by atoms with Crippen LogP contribution in [-0.4, -0.2) is 40.3 Å². The highest BCUT2D eigenvalue weighted by Gasteiger charge is 2.31. The van der Waals surface area contributed by atoms with Crippen LogP contribution in [-0.2, 0) is 11.3 Å². The van der Waals surface area contributed by atoms with Crippen molar-refractivity contribution >= 4 is 28.5 Å². The van der Waals surface area contributed by atoms with Crippen molar-refractivity contribution < 1.29 is 4.74 Å². The van der Waals surface area contributed by atoms with E-state index in [2.05, 4.69) is 19.4 Å². The van der Waals surface area contributed by atoms with Crippen molar-refractivity contribution in [1.29, 1.82) is 0 Å². The highest BCUT2D eigenvalue weighted by Crippen LogP contribution is 2.33. The summed E-state index contributed by atoms with van der Waals surface area (Å²) in [5, 5.41) is 0.317. The monoisotopic (exact) mass is 250 g/mol.